The Morgan fingerprint density at radius 2 is 1.74 bits per heavy atom. The summed E-state index contributed by atoms with van der Waals surface area (Å²) in [6, 6.07) is 23.5. The molecule has 1 unspecified atom stereocenters. The molecule has 3 aromatic carbocycles. The van der Waals surface area contributed by atoms with Crippen molar-refractivity contribution in [3.63, 3.8) is 0 Å². The minimum atomic E-state index is -0.956. The van der Waals surface area contributed by atoms with Crippen molar-refractivity contribution in [3.05, 3.63) is 83.9 Å². The SMILES string of the molecule is CCOC(Cc1ccc(OCN2c3ccccc3COc3ccccc32)cc1)C(=O)O. The first-order valence-electron chi connectivity index (χ1n) is 10.3. The quantitative estimate of drug-likeness (QED) is 0.566. The molecule has 1 aliphatic heterocycles. The van der Waals surface area contributed by atoms with Crippen LogP contribution in [0.25, 0.3) is 0 Å². The molecule has 0 spiro atoms. The van der Waals surface area contributed by atoms with E-state index in [1.165, 1.54) is 0 Å². The molecule has 3 aromatic rings. The van der Waals surface area contributed by atoms with Gasteiger partial charge in [0.15, 0.2) is 12.8 Å². The molecule has 1 atom stereocenters. The van der Waals surface area contributed by atoms with Gasteiger partial charge in [0, 0.05) is 18.6 Å². The molecular weight excluding hydrogens is 394 g/mol. The van der Waals surface area contributed by atoms with Crippen LogP contribution in [0.15, 0.2) is 72.8 Å². The molecule has 1 N–H and O–H groups in total. The van der Waals surface area contributed by atoms with E-state index in [4.69, 9.17) is 14.2 Å². The summed E-state index contributed by atoms with van der Waals surface area (Å²) in [5.41, 5.74) is 3.97. The summed E-state index contributed by atoms with van der Waals surface area (Å²) in [4.78, 5) is 13.4. The number of hydrogen-bond acceptors (Lipinski definition) is 5. The highest BCUT2D eigenvalue weighted by Gasteiger charge is 2.22. The van der Waals surface area contributed by atoms with Gasteiger partial charge in [-0.05, 0) is 42.8 Å². The molecule has 1 heterocycles. The standard InChI is InChI=1S/C25H25NO5/c1-2-29-24(25(27)28)15-18-11-13-20(14-12-18)31-17-26-21-8-4-3-7-19(21)16-30-23-10-6-5-9-22(23)26/h3-14,24H,2,15-17H2,1H3,(H,27,28). The number of anilines is 2. The van der Waals surface area contributed by atoms with Crippen molar-refractivity contribution < 1.29 is 24.1 Å². The number of benzene rings is 3. The number of ether oxygens (including phenoxy) is 3. The second kappa shape index (κ2) is 9.53. The predicted octanol–water partition coefficient (Wildman–Crippen LogP) is 4.79. The maximum atomic E-state index is 11.3. The number of fused-ring (bicyclic) bond motifs is 2. The Morgan fingerprint density at radius 3 is 2.48 bits per heavy atom. The molecule has 0 aromatic heterocycles. The van der Waals surface area contributed by atoms with Gasteiger partial charge in [-0.15, -0.1) is 0 Å². The van der Waals surface area contributed by atoms with E-state index in [0.717, 1.165) is 28.3 Å². The van der Waals surface area contributed by atoms with Gasteiger partial charge in [0.1, 0.15) is 18.1 Å². The van der Waals surface area contributed by atoms with E-state index in [-0.39, 0.29) is 0 Å². The molecule has 0 amide bonds. The summed E-state index contributed by atoms with van der Waals surface area (Å²) in [5, 5.41) is 9.27. The number of carboxylic acids is 1. The first-order chi connectivity index (χ1) is 15.2. The molecule has 31 heavy (non-hydrogen) atoms. The smallest absolute Gasteiger partial charge is 0.333 e. The molecule has 4 rings (SSSR count). The molecular formula is C25H25NO5. The zero-order valence-corrected chi connectivity index (χ0v) is 17.4. The first kappa shape index (κ1) is 20.8. The number of aliphatic carboxylic acids is 1. The van der Waals surface area contributed by atoms with E-state index >= 15 is 0 Å². The molecule has 0 saturated heterocycles. The van der Waals surface area contributed by atoms with Crippen LogP contribution in [0.2, 0.25) is 0 Å². The van der Waals surface area contributed by atoms with Gasteiger partial charge >= 0.3 is 5.97 Å². The highest BCUT2D eigenvalue weighted by Crippen LogP contribution is 2.39. The summed E-state index contributed by atoms with van der Waals surface area (Å²) in [7, 11) is 0. The zero-order chi connectivity index (χ0) is 21.6. The third-order valence-electron chi connectivity index (χ3n) is 5.17. The van der Waals surface area contributed by atoms with E-state index in [0.29, 0.717) is 32.1 Å². The number of carbonyl (C=O) groups is 1. The minimum Gasteiger partial charge on any atom is -0.487 e. The summed E-state index contributed by atoms with van der Waals surface area (Å²) in [6.45, 7) is 2.97. The van der Waals surface area contributed by atoms with E-state index in [9.17, 15) is 9.90 Å². The van der Waals surface area contributed by atoms with Gasteiger partial charge < -0.3 is 24.2 Å². The average molecular weight is 419 g/mol. The molecule has 6 nitrogen and oxygen atoms in total. The summed E-state index contributed by atoms with van der Waals surface area (Å²) < 4.78 is 17.4. The third-order valence-corrected chi connectivity index (χ3v) is 5.17. The first-order valence-corrected chi connectivity index (χ1v) is 10.3. The van der Waals surface area contributed by atoms with Crippen molar-refractivity contribution in [2.24, 2.45) is 0 Å². The second-order valence-electron chi connectivity index (χ2n) is 7.22. The van der Waals surface area contributed by atoms with Gasteiger partial charge in [-0.3, -0.25) is 0 Å². The third kappa shape index (κ3) is 4.81. The molecule has 0 aliphatic carbocycles. The summed E-state index contributed by atoms with van der Waals surface area (Å²) >= 11 is 0. The van der Waals surface area contributed by atoms with Gasteiger partial charge in [0.25, 0.3) is 0 Å². The van der Waals surface area contributed by atoms with Crippen molar-refractivity contribution >= 4 is 17.3 Å². The fourth-order valence-electron chi connectivity index (χ4n) is 3.62. The van der Waals surface area contributed by atoms with Crippen LogP contribution in [-0.2, 0) is 22.6 Å². The van der Waals surface area contributed by atoms with E-state index < -0.39 is 12.1 Å². The monoisotopic (exact) mass is 419 g/mol. The summed E-state index contributed by atoms with van der Waals surface area (Å²) in [6.07, 6.45) is -0.532. The van der Waals surface area contributed by atoms with Gasteiger partial charge in [-0.25, -0.2) is 4.79 Å². The lowest BCUT2D eigenvalue weighted by Crippen LogP contribution is -2.26. The number of nitrogens with zero attached hydrogens (tertiary/aromatic N) is 1. The Labute approximate surface area is 181 Å². The van der Waals surface area contributed by atoms with Crippen molar-refractivity contribution in [1.29, 1.82) is 0 Å². The maximum absolute atomic E-state index is 11.3. The van der Waals surface area contributed by atoms with Crippen LogP contribution < -0.4 is 14.4 Å². The van der Waals surface area contributed by atoms with E-state index in [2.05, 4.69) is 17.0 Å². The Bertz CT molecular complexity index is 987. The highest BCUT2D eigenvalue weighted by atomic mass is 16.5. The molecule has 0 bridgehead atoms. The largest absolute Gasteiger partial charge is 0.487 e. The van der Waals surface area contributed by atoms with Crippen LogP contribution in [0.4, 0.5) is 11.4 Å². The second-order valence-corrected chi connectivity index (χ2v) is 7.22. The lowest BCUT2D eigenvalue weighted by atomic mass is 10.1. The number of carboxylic acid groups (broad SMARTS) is 1. The Hall–Kier alpha value is -3.51. The van der Waals surface area contributed by atoms with Crippen LogP contribution in [0.3, 0.4) is 0 Å². The Kier molecular flexibility index (Phi) is 6.38. The Morgan fingerprint density at radius 1 is 1.03 bits per heavy atom. The highest BCUT2D eigenvalue weighted by molar-refractivity contribution is 5.73. The minimum absolute atomic E-state index is 0.313. The molecule has 6 heteroatoms. The summed E-state index contributed by atoms with van der Waals surface area (Å²) in [5.74, 6) is 0.559. The van der Waals surface area contributed by atoms with Crippen LogP contribution in [-0.4, -0.2) is 30.5 Å². The topological polar surface area (TPSA) is 68.2 Å². The van der Waals surface area contributed by atoms with Crippen molar-refractivity contribution in [2.45, 2.75) is 26.1 Å². The van der Waals surface area contributed by atoms with Crippen molar-refractivity contribution in [1.82, 2.24) is 0 Å². The Balaban J connectivity index is 1.50. The number of para-hydroxylation sites is 3. The van der Waals surface area contributed by atoms with Gasteiger partial charge in [0.05, 0.1) is 11.4 Å². The molecule has 0 fully saturated rings. The lowest BCUT2D eigenvalue weighted by Gasteiger charge is -2.25. The number of hydrogen-bond donors (Lipinski definition) is 1. The normalized spacial score (nSPS) is 13.4. The van der Waals surface area contributed by atoms with Gasteiger partial charge in [-0.2, -0.15) is 0 Å². The molecule has 0 saturated carbocycles. The van der Waals surface area contributed by atoms with Crippen LogP contribution in [0.1, 0.15) is 18.1 Å². The zero-order valence-electron chi connectivity index (χ0n) is 17.4. The van der Waals surface area contributed by atoms with Crippen LogP contribution in [0, 0.1) is 0 Å². The van der Waals surface area contributed by atoms with Crippen molar-refractivity contribution in [2.75, 3.05) is 18.2 Å². The molecule has 1 aliphatic rings. The lowest BCUT2D eigenvalue weighted by molar-refractivity contribution is -0.149. The average Bonchev–Trinajstić information content (AvgIpc) is 2.95. The molecule has 0 radical (unpaired) electrons. The maximum Gasteiger partial charge on any atom is 0.333 e. The van der Waals surface area contributed by atoms with Gasteiger partial charge in [0.2, 0.25) is 0 Å². The van der Waals surface area contributed by atoms with Crippen LogP contribution >= 0.6 is 0 Å². The number of rotatable bonds is 8. The van der Waals surface area contributed by atoms with E-state index in [1.807, 2.05) is 60.7 Å². The van der Waals surface area contributed by atoms with Crippen molar-refractivity contribution in [3.8, 4) is 11.5 Å². The van der Waals surface area contributed by atoms with E-state index in [1.54, 1.807) is 6.92 Å². The fraction of sp³-hybridized carbons (Fsp3) is 0.240. The fourth-order valence-corrected chi connectivity index (χ4v) is 3.62. The van der Waals surface area contributed by atoms with Crippen LogP contribution in [0.5, 0.6) is 11.5 Å². The molecule has 160 valence electrons. The van der Waals surface area contributed by atoms with Gasteiger partial charge in [-0.1, -0.05) is 42.5 Å². The predicted molar refractivity (Wildman–Crippen MR) is 118 cm³/mol.